The van der Waals surface area contributed by atoms with Gasteiger partial charge >= 0.3 is 5.97 Å². The van der Waals surface area contributed by atoms with Crippen molar-refractivity contribution < 1.29 is 13.9 Å². The first kappa shape index (κ1) is 16.8. The summed E-state index contributed by atoms with van der Waals surface area (Å²) in [6, 6.07) is 14.2. The summed E-state index contributed by atoms with van der Waals surface area (Å²) in [6.07, 6.45) is 2.87. The molecule has 4 nitrogen and oxygen atoms in total. The van der Waals surface area contributed by atoms with Crippen molar-refractivity contribution in [1.29, 1.82) is 0 Å². The number of ether oxygens (including phenoxy) is 1. The zero-order valence-corrected chi connectivity index (χ0v) is 14.6. The van der Waals surface area contributed by atoms with Crippen molar-refractivity contribution in [3.05, 3.63) is 60.1 Å². The number of hydrogen-bond donors (Lipinski definition) is 0. The van der Waals surface area contributed by atoms with Gasteiger partial charge in [0.25, 0.3) is 0 Å². The third-order valence-corrected chi connectivity index (χ3v) is 5.21. The molecule has 0 radical (unpaired) electrons. The molecule has 1 fully saturated rings. The van der Waals surface area contributed by atoms with Crippen molar-refractivity contribution in [2.75, 3.05) is 6.54 Å². The highest BCUT2D eigenvalue weighted by atomic mass is 16.6. The van der Waals surface area contributed by atoms with Crippen LogP contribution in [0.15, 0.2) is 53.1 Å². The Morgan fingerprint density at radius 1 is 1.33 bits per heavy atom. The maximum Gasteiger partial charge on any atom is 0.306 e. The van der Waals surface area contributed by atoms with Crippen molar-refractivity contribution in [2.45, 2.75) is 51.3 Å². The molecule has 1 saturated heterocycles. The summed E-state index contributed by atoms with van der Waals surface area (Å²) in [7, 11) is 0. The van der Waals surface area contributed by atoms with E-state index in [2.05, 4.69) is 30.9 Å². The number of nitrogens with zero attached hydrogens (tertiary/aromatic N) is 1. The maximum absolute atomic E-state index is 12.1. The largest absolute Gasteiger partial charge is 0.468 e. The first-order valence-electron chi connectivity index (χ1n) is 8.65. The lowest BCUT2D eigenvalue weighted by molar-refractivity contribution is -0.163. The number of benzene rings is 1. The third kappa shape index (κ3) is 2.86. The van der Waals surface area contributed by atoms with E-state index >= 15 is 0 Å². The van der Waals surface area contributed by atoms with E-state index in [1.807, 2.05) is 37.3 Å². The van der Waals surface area contributed by atoms with E-state index in [1.54, 1.807) is 6.26 Å². The predicted molar refractivity (Wildman–Crippen MR) is 92.4 cm³/mol. The predicted octanol–water partition coefficient (Wildman–Crippen LogP) is 4.28. The van der Waals surface area contributed by atoms with Gasteiger partial charge in [-0.25, -0.2) is 0 Å². The minimum Gasteiger partial charge on any atom is -0.468 e. The SMILES string of the molecule is CCC(=O)OC1(c2ccccc2)CCN(C(C)c2ccco2)C1C. The van der Waals surface area contributed by atoms with Gasteiger partial charge in [-0.15, -0.1) is 0 Å². The van der Waals surface area contributed by atoms with Crippen LogP contribution in [0.25, 0.3) is 0 Å². The standard InChI is InChI=1S/C20H25NO3/c1-4-19(22)24-20(17-9-6-5-7-10-17)12-13-21(16(20)3)15(2)18-11-8-14-23-18/h5-11,14-16H,4,12-13H2,1-3H3. The Kier molecular flexibility index (Phi) is 4.76. The van der Waals surface area contributed by atoms with Crippen LogP contribution < -0.4 is 0 Å². The number of carbonyl (C=O) groups excluding carboxylic acids is 1. The fourth-order valence-corrected chi connectivity index (χ4v) is 3.76. The van der Waals surface area contributed by atoms with Crippen molar-refractivity contribution >= 4 is 5.97 Å². The number of hydrogen-bond acceptors (Lipinski definition) is 4. The molecule has 0 spiro atoms. The van der Waals surface area contributed by atoms with Crippen LogP contribution in [-0.2, 0) is 15.1 Å². The van der Waals surface area contributed by atoms with Crippen LogP contribution in [0.1, 0.15) is 51.0 Å². The fourth-order valence-electron chi connectivity index (χ4n) is 3.76. The van der Waals surface area contributed by atoms with Crippen molar-refractivity contribution in [3.63, 3.8) is 0 Å². The Morgan fingerprint density at radius 3 is 2.71 bits per heavy atom. The van der Waals surface area contributed by atoms with Gasteiger partial charge < -0.3 is 9.15 Å². The molecule has 0 bridgehead atoms. The van der Waals surface area contributed by atoms with E-state index in [9.17, 15) is 4.79 Å². The molecule has 24 heavy (non-hydrogen) atoms. The van der Waals surface area contributed by atoms with Gasteiger partial charge in [0.15, 0.2) is 5.60 Å². The molecule has 0 aliphatic carbocycles. The second kappa shape index (κ2) is 6.81. The lowest BCUT2D eigenvalue weighted by Crippen LogP contribution is -2.44. The molecule has 0 N–H and O–H groups in total. The molecule has 128 valence electrons. The number of rotatable bonds is 5. The second-order valence-electron chi connectivity index (χ2n) is 6.44. The number of furan rings is 1. The average Bonchev–Trinajstić information content (AvgIpc) is 3.25. The summed E-state index contributed by atoms with van der Waals surface area (Å²) in [5, 5.41) is 0. The van der Waals surface area contributed by atoms with E-state index in [0.717, 1.165) is 24.3 Å². The van der Waals surface area contributed by atoms with Gasteiger partial charge in [-0.1, -0.05) is 37.3 Å². The first-order chi connectivity index (χ1) is 11.6. The number of likely N-dealkylation sites (tertiary alicyclic amines) is 1. The average molecular weight is 327 g/mol. The van der Waals surface area contributed by atoms with E-state index in [0.29, 0.717) is 6.42 Å². The summed E-state index contributed by atoms with van der Waals surface area (Å²) in [6.45, 7) is 6.97. The van der Waals surface area contributed by atoms with Crippen LogP contribution in [0.2, 0.25) is 0 Å². The molecule has 1 aromatic carbocycles. The second-order valence-corrected chi connectivity index (χ2v) is 6.44. The van der Waals surface area contributed by atoms with Crippen LogP contribution in [0.5, 0.6) is 0 Å². The van der Waals surface area contributed by atoms with E-state index < -0.39 is 5.60 Å². The topological polar surface area (TPSA) is 42.7 Å². The Labute approximate surface area is 143 Å². The van der Waals surface area contributed by atoms with Crippen LogP contribution in [0.4, 0.5) is 0 Å². The molecule has 4 heteroatoms. The molecule has 1 aliphatic heterocycles. The van der Waals surface area contributed by atoms with Crippen molar-refractivity contribution in [3.8, 4) is 0 Å². The summed E-state index contributed by atoms with van der Waals surface area (Å²) >= 11 is 0. The normalized spacial score (nSPS) is 25.5. The van der Waals surface area contributed by atoms with Gasteiger partial charge in [0.05, 0.1) is 18.3 Å². The van der Waals surface area contributed by atoms with Crippen LogP contribution in [0.3, 0.4) is 0 Å². The van der Waals surface area contributed by atoms with Crippen molar-refractivity contribution in [2.24, 2.45) is 0 Å². The fraction of sp³-hybridized carbons (Fsp3) is 0.450. The number of esters is 1. The molecule has 0 amide bonds. The molecule has 3 rings (SSSR count). The first-order valence-corrected chi connectivity index (χ1v) is 8.65. The number of carbonyl (C=O) groups is 1. The molecule has 1 aromatic heterocycles. The molecule has 0 saturated carbocycles. The molecular formula is C20H25NO3. The van der Waals surface area contributed by atoms with Crippen LogP contribution in [0, 0.1) is 0 Å². The Morgan fingerprint density at radius 2 is 2.08 bits per heavy atom. The molecule has 3 atom stereocenters. The minimum atomic E-state index is -0.602. The van der Waals surface area contributed by atoms with Crippen LogP contribution >= 0.6 is 0 Å². The smallest absolute Gasteiger partial charge is 0.306 e. The zero-order chi connectivity index (χ0) is 17.2. The molecule has 1 aliphatic rings. The molecule has 2 heterocycles. The van der Waals surface area contributed by atoms with E-state index in [-0.39, 0.29) is 18.1 Å². The van der Waals surface area contributed by atoms with Crippen molar-refractivity contribution in [1.82, 2.24) is 4.90 Å². The quantitative estimate of drug-likeness (QED) is 0.769. The van der Waals surface area contributed by atoms with Gasteiger partial charge in [0.2, 0.25) is 0 Å². The molecule has 3 unspecified atom stereocenters. The Balaban J connectivity index is 1.93. The molecule has 2 aromatic rings. The Hall–Kier alpha value is -2.07. The van der Waals surface area contributed by atoms with Gasteiger partial charge in [-0.3, -0.25) is 9.69 Å². The summed E-state index contributed by atoms with van der Waals surface area (Å²) < 4.78 is 11.6. The highest BCUT2D eigenvalue weighted by molar-refractivity contribution is 5.70. The van der Waals surface area contributed by atoms with Gasteiger partial charge in [-0.2, -0.15) is 0 Å². The summed E-state index contributed by atoms with van der Waals surface area (Å²) in [4.78, 5) is 14.5. The highest BCUT2D eigenvalue weighted by Gasteiger charge is 2.50. The van der Waals surface area contributed by atoms with Gasteiger partial charge in [0, 0.05) is 19.4 Å². The summed E-state index contributed by atoms with van der Waals surface area (Å²) in [5.74, 6) is 0.783. The van der Waals surface area contributed by atoms with Gasteiger partial charge in [0.1, 0.15) is 5.76 Å². The maximum atomic E-state index is 12.1. The molecular weight excluding hydrogens is 302 g/mol. The highest BCUT2D eigenvalue weighted by Crippen LogP contribution is 2.44. The minimum absolute atomic E-state index is 0.0653. The lowest BCUT2D eigenvalue weighted by Gasteiger charge is -2.37. The third-order valence-electron chi connectivity index (χ3n) is 5.21. The monoisotopic (exact) mass is 327 g/mol. The van der Waals surface area contributed by atoms with Crippen LogP contribution in [-0.4, -0.2) is 23.5 Å². The van der Waals surface area contributed by atoms with Gasteiger partial charge in [-0.05, 0) is 31.5 Å². The van der Waals surface area contributed by atoms with E-state index in [4.69, 9.17) is 9.15 Å². The van der Waals surface area contributed by atoms with E-state index in [1.165, 1.54) is 0 Å². The summed E-state index contributed by atoms with van der Waals surface area (Å²) in [5.41, 5.74) is 0.461. The Bertz CT molecular complexity index is 667. The lowest BCUT2D eigenvalue weighted by atomic mass is 9.86. The zero-order valence-electron chi connectivity index (χ0n) is 14.6.